The summed E-state index contributed by atoms with van der Waals surface area (Å²) in [6.45, 7) is 0.537. The molecule has 0 bridgehead atoms. The van der Waals surface area contributed by atoms with E-state index in [1.807, 2.05) is 12.1 Å². The Kier molecular flexibility index (Phi) is 3.92. The Labute approximate surface area is 110 Å². The van der Waals surface area contributed by atoms with Crippen LogP contribution in [0.4, 0.5) is 11.4 Å². The minimum Gasteiger partial charge on any atom is -0.481 e. The Balaban J connectivity index is 2.04. The molecule has 0 atom stereocenters. The number of nitrogens with one attached hydrogen (secondary N) is 1. The van der Waals surface area contributed by atoms with Gasteiger partial charge in [-0.2, -0.15) is 0 Å². The van der Waals surface area contributed by atoms with E-state index < -0.39 is 4.92 Å². The Bertz CT molecular complexity index is 570. The molecule has 1 N–H and O–H groups in total. The third-order valence-corrected chi connectivity index (χ3v) is 2.60. The Morgan fingerprint density at radius 2 is 2.05 bits per heavy atom. The molecule has 98 valence electrons. The normalized spacial score (nSPS) is 9.95. The molecule has 0 aliphatic carbocycles. The maximum atomic E-state index is 10.5. The minimum absolute atomic E-state index is 0.0736. The van der Waals surface area contributed by atoms with Gasteiger partial charge in [0.15, 0.2) is 0 Å². The van der Waals surface area contributed by atoms with Crippen molar-refractivity contribution in [1.29, 1.82) is 0 Å². The molecule has 6 nitrogen and oxygen atoms in total. The summed E-state index contributed by atoms with van der Waals surface area (Å²) < 4.78 is 5.14. The Morgan fingerprint density at radius 3 is 2.68 bits per heavy atom. The van der Waals surface area contributed by atoms with Crippen molar-refractivity contribution in [3.63, 3.8) is 0 Å². The summed E-state index contributed by atoms with van der Waals surface area (Å²) in [5.74, 6) is 0.567. The number of hydrogen-bond acceptors (Lipinski definition) is 5. The molecule has 1 aromatic carbocycles. The number of pyridine rings is 1. The van der Waals surface area contributed by atoms with Crippen molar-refractivity contribution in [2.75, 3.05) is 12.4 Å². The Morgan fingerprint density at radius 1 is 1.32 bits per heavy atom. The molecule has 6 heteroatoms. The number of nitrogens with zero attached hydrogens (tertiary/aromatic N) is 2. The number of benzene rings is 1. The van der Waals surface area contributed by atoms with Gasteiger partial charge in [-0.25, -0.2) is 4.98 Å². The standard InChI is InChI=1S/C13H13N3O3/c1-19-13-10(3-2-8-14-13)9-15-11-4-6-12(7-5-11)16(17)18/h2-8,15H,9H2,1H3. The summed E-state index contributed by atoms with van der Waals surface area (Å²) in [4.78, 5) is 14.2. The number of hydrogen-bond donors (Lipinski definition) is 1. The largest absolute Gasteiger partial charge is 0.481 e. The van der Waals surface area contributed by atoms with Crippen LogP contribution in [-0.2, 0) is 6.54 Å². The number of ether oxygens (including phenoxy) is 1. The Hall–Kier alpha value is -2.63. The first-order valence-electron chi connectivity index (χ1n) is 5.67. The van der Waals surface area contributed by atoms with Crippen LogP contribution >= 0.6 is 0 Å². The fourth-order valence-corrected chi connectivity index (χ4v) is 1.64. The predicted molar refractivity (Wildman–Crippen MR) is 71.2 cm³/mol. The van der Waals surface area contributed by atoms with Gasteiger partial charge in [0.25, 0.3) is 5.69 Å². The quantitative estimate of drug-likeness (QED) is 0.659. The molecule has 0 unspecified atom stereocenters. The number of nitro benzene ring substituents is 1. The molecular formula is C13H13N3O3. The fraction of sp³-hybridized carbons (Fsp3) is 0.154. The summed E-state index contributed by atoms with van der Waals surface area (Å²) in [5.41, 5.74) is 1.80. The van der Waals surface area contributed by atoms with E-state index in [0.29, 0.717) is 12.4 Å². The van der Waals surface area contributed by atoms with Crippen LogP contribution in [0.15, 0.2) is 42.6 Å². The van der Waals surface area contributed by atoms with E-state index in [0.717, 1.165) is 11.3 Å². The van der Waals surface area contributed by atoms with E-state index in [2.05, 4.69) is 10.3 Å². The van der Waals surface area contributed by atoms with Gasteiger partial charge in [-0.3, -0.25) is 10.1 Å². The second-order valence-electron chi connectivity index (χ2n) is 3.83. The van der Waals surface area contributed by atoms with Crippen LogP contribution in [0.3, 0.4) is 0 Å². The first-order chi connectivity index (χ1) is 9.20. The van der Waals surface area contributed by atoms with Gasteiger partial charge in [0.1, 0.15) is 0 Å². The third kappa shape index (κ3) is 3.19. The summed E-state index contributed by atoms with van der Waals surface area (Å²) in [7, 11) is 1.57. The van der Waals surface area contributed by atoms with Gasteiger partial charge in [-0.15, -0.1) is 0 Å². The zero-order valence-electron chi connectivity index (χ0n) is 10.4. The van der Waals surface area contributed by atoms with E-state index in [1.165, 1.54) is 12.1 Å². The topological polar surface area (TPSA) is 77.3 Å². The summed E-state index contributed by atoms with van der Waals surface area (Å²) in [5, 5.41) is 13.7. The number of nitro groups is 1. The monoisotopic (exact) mass is 259 g/mol. The van der Waals surface area contributed by atoms with Crippen molar-refractivity contribution in [1.82, 2.24) is 4.98 Å². The van der Waals surface area contributed by atoms with E-state index in [1.54, 1.807) is 25.4 Å². The van der Waals surface area contributed by atoms with Crippen molar-refractivity contribution in [2.45, 2.75) is 6.54 Å². The van der Waals surface area contributed by atoms with Crippen LogP contribution in [0, 0.1) is 10.1 Å². The van der Waals surface area contributed by atoms with Gasteiger partial charge in [-0.05, 0) is 18.2 Å². The zero-order chi connectivity index (χ0) is 13.7. The highest BCUT2D eigenvalue weighted by atomic mass is 16.6. The van der Waals surface area contributed by atoms with Crippen LogP contribution in [-0.4, -0.2) is 17.0 Å². The molecule has 0 aliphatic heterocycles. The highest BCUT2D eigenvalue weighted by Gasteiger charge is 2.05. The molecule has 0 aliphatic rings. The van der Waals surface area contributed by atoms with Crippen molar-refractivity contribution in [3.05, 3.63) is 58.3 Å². The van der Waals surface area contributed by atoms with Gasteiger partial charge < -0.3 is 10.1 Å². The minimum atomic E-state index is -0.423. The SMILES string of the molecule is COc1ncccc1CNc1ccc([N+](=O)[O-])cc1. The number of rotatable bonds is 5. The lowest BCUT2D eigenvalue weighted by Gasteiger charge is -2.09. The molecule has 0 saturated carbocycles. The van der Waals surface area contributed by atoms with Crippen LogP contribution in [0.25, 0.3) is 0 Å². The molecule has 0 fully saturated rings. The second kappa shape index (κ2) is 5.81. The molecule has 2 aromatic rings. The van der Waals surface area contributed by atoms with Gasteiger partial charge in [0.05, 0.1) is 12.0 Å². The second-order valence-corrected chi connectivity index (χ2v) is 3.83. The van der Waals surface area contributed by atoms with Crippen molar-refractivity contribution in [2.24, 2.45) is 0 Å². The highest BCUT2D eigenvalue weighted by Crippen LogP contribution is 2.18. The predicted octanol–water partition coefficient (Wildman–Crippen LogP) is 2.61. The highest BCUT2D eigenvalue weighted by molar-refractivity contribution is 5.49. The van der Waals surface area contributed by atoms with Crippen molar-refractivity contribution in [3.8, 4) is 5.88 Å². The number of aromatic nitrogens is 1. The van der Waals surface area contributed by atoms with Crippen molar-refractivity contribution >= 4 is 11.4 Å². The lowest BCUT2D eigenvalue weighted by atomic mass is 10.2. The molecular weight excluding hydrogens is 246 g/mol. The molecule has 0 amide bonds. The smallest absolute Gasteiger partial charge is 0.269 e. The maximum absolute atomic E-state index is 10.5. The van der Waals surface area contributed by atoms with Gasteiger partial charge in [-0.1, -0.05) is 6.07 Å². The number of methoxy groups -OCH3 is 1. The van der Waals surface area contributed by atoms with Crippen molar-refractivity contribution < 1.29 is 9.66 Å². The summed E-state index contributed by atoms with van der Waals surface area (Å²) in [6.07, 6.45) is 1.66. The summed E-state index contributed by atoms with van der Waals surface area (Å²) in [6, 6.07) is 9.99. The molecule has 2 rings (SSSR count). The number of anilines is 1. The average Bonchev–Trinajstić information content (AvgIpc) is 2.45. The lowest BCUT2D eigenvalue weighted by Crippen LogP contribution is -2.02. The molecule has 1 heterocycles. The lowest BCUT2D eigenvalue weighted by molar-refractivity contribution is -0.384. The van der Waals surface area contributed by atoms with Gasteiger partial charge >= 0.3 is 0 Å². The average molecular weight is 259 g/mol. The molecule has 19 heavy (non-hydrogen) atoms. The molecule has 0 radical (unpaired) electrons. The van der Waals surface area contributed by atoms with Gasteiger partial charge in [0, 0.05) is 36.1 Å². The summed E-state index contributed by atoms with van der Waals surface area (Å²) >= 11 is 0. The zero-order valence-corrected chi connectivity index (χ0v) is 10.4. The van der Waals surface area contributed by atoms with Crippen LogP contribution in [0.5, 0.6) is 5.88 Å². The van der Waals surface area contributed by atoms with Crippen LogP contribution in [0.1, 0.15) is 5.56 Å². The van der Waals surface area contributed by atoms with Gasteiger partial charge in [0.2, 0.25) is 5.88 Å². The first kappa shape index (κ1) is 12.8. The van der Waals surface area contributed by atoms with E-state index in [4.69, 9.17) is 4.74 Å². The molecule has 0 spiro atoms. The maximum Gasteiger partial charge on any atom is 0.269 e. The van der Waals surface area contributed by atoms with E-state index in [9.17, 15) is 10.1 Å². The first-order valence-corrected chi connectivity index (χ1v) is 5.67. The third-order valence-electron chi connectivity index (χ3n) is 2.60. The molecule has 1 aromatic heterocycles. The van der Waals surface area contributed by atoms with Crippen LogP contribution < -0.4 is 10.1 Å². The van der Waals surface area contributed by atoms with E-state index >= 15 is 0 Å². The molecule has 0 saturated heterocycles. The van der Waals surface area contributed by atoms with E-state index in [-0.39, 0.29) is 5.69 Å². The number of non-ortho nitro benzene ring substituents is 1. The van der Waals surface area contributed by atoms with Crippen LogP contribution in [0.2, 0.25) is 0 Å². The fourth-order valence-electron chi connectivity index (χ4n) is 1.64.